The van der Waals surface area contributed by atoms with Gasteiger partial charge in [-0.25, -0.2) is 0 Å². The molecule has 3 amide bonds. The summed E-state index contributed by atoms with van der Waals surface area (Å²) < 4.78 is 0. The molecule has 3 aliphatic rings. The van der Waals surface area contributed by atoms with Crippen molar-refractivity contribution in [3.8, 4) is 11.1 Å². The number of benzene rings is 2. The summed E-state index contributed by atoms with van der Waals surface area (Å²) in [5, 5.41) is 2.93. The molecular formula is C24H24N2O3. The zero-order chi connectivity index (χ0) is 20.0. The Bertz CT molecular complexity index is 989. The van der Waals surface area contributed by atoms with Gasteiger partial charge in [0.15, 0.2) is 0 Å². The Balaban J connectivity index is 1.21. The fraction of sp³-hybridized carbons (Fsp3) is 0.375. The minimum absolute atomic E-state index is 0.0807. The van der Waals surface area contributed by atoms with Crippen LogP contribution in [-0.4, -0.2) is 29.2 Å². The molecule has 2 aliphatic carbocycles. The predicted molar refractivity (Wildman–Crippen MR) is 110 cm³/mol. The molecule has 1 heterocycles. The first kappa shape index (κ1) is 18.1. The fourth-order valence-corrected chi connectivity index (χ4v) is 5.11. The van der Waals surface area contributed by atoms with Crippen molar-refractivity contribution in [1.29, 1.82) is 0 Å². The van der Waals surface area contributed by atoms with Crippen LogP contribution < -0.4 is 5.32 Å². The van der Waals surface area contributed by atoms with Crippen LogP contribution in [0.4, 0.5) is 5.69 Å². The summed E-state index contributed by atoms with van der Waals surface area (Å²) in [7, 11) is 0. The molecule has 2 aromatic carbocycles. The number of nitrogens with one attached hydrogen (secondary N) is 1. The Morgan fingerprint density at radius 3 is 2.38 bits per heavy atom. The van der Waals surface area contributed by atoms with E-state index in [0.717, 1.165) is 37.8 Å². The van der Waals surface area contributed by atoms with Crippen molar-refractivity contribution >= 4 is 23.4 Å². The molecule has 2 atom stereocenters. The second kappa shape index (κ2) is 7.14. The van der Waals surface area contributed by atoms with Gasteiger partial charge in [0.2, 0.25) is 17.7 Å². The number of hydrogen-bond donors (Lipinski definition) is 1. The van der Waals surface area contributed by atoms with Gasteiger partial charge in [-0.1, -0.05) is 43.2 Å². The molecule has 1 saturated heterocycles. The van der Waals surface area contributed by atoms with Crippen molar-refractivity contribution in [1.82, 2.24) is 4.90 Å². The van der Waals surface area contributed by atoms with Crippen molar-refractivity contribution in [2.75, 3.05) is 11.9 Å². The van der Waals surface area contributed by atoms with E-state index in [0.29, 0.717) is 0 Å². The molecule has 2 fully saturated rings. The number of anilines is 1. The van der Waals surface area contributed by atoms with Crippen molar-refractivity contribution in [2.45, 2.75) is 38.5 Å². The van der Waals surface area contributed by atoms with Gasteiger partial charge in [-0.3, -0.25) is 19.3 Å². The standard InChI is InChI=1S/C24H24N2O3/c27-22(11-12-26-23(28)20-7-3-4-8-21(20)24(26)29)25-17-9-10-19-16(14-17)13-15-5-1-2-6-18(15)19/h1-2,5-6,9-10,14,20-21H,3-4,7-8,11-13H2,(H,25,27)/t20-,21-/m0/s1. The molecule has 148 valence electrons. The average Bonchev–Trinajstić information content (AvgIpc) is 3.22. The van der Waals surface area contributed by atoms with Crippen LogP contribution in [0.2, 0.25) is 0 Å². The number of nitrogens with zero attached hydrogens (tertiary/aromatic N) is 1. The topological polar surface area (TPSA) is 66.5 Å². The fourth-order valence-electron chi connectivity index (χ4n) is 5.11. The van der Waals surface area contributed by atoms with E-state index in [2.05, 4.69) is 23.5 Å². The molecule has 1 saturated carbocycles. The van der Waals surface area contributed by atoms with Gasteiger partial charge < -0.3 is 5.32 Å². The average molecular weight is 388 g/mol. The Labute approximate surface area is 170 Å². The number of likely N-dealkylation sites (tertiary alicyclic amines) is 1. The van der Waals surface area contributed by atoms with Crippen LogP contribution >= 0.6 is 0 Å². The predicted octanol–water partition coefficient (Wildman–Crippen LogP) is 3.76. The first-order valence-corrected chi connectivity index (χ1v) is 10.5. The summed E-state index contributed by atoms with van der Waals surface area (Å²) in [5.41, 5.74) is 5.74. The van der Waals surface area contributed by atoms with Crippen LogP contribution in [0, 0.1) is 11.8 Å². The second-order valence-electron chi connectivity index (χ2n) is 8.33. The molecule has 1 N–H and O–H groups in total. The maximum atomic E-state index is 12.5. The molecule has 1 aliphatic heterocycles. The van der Waals surface area contributed by atoms with Gasteiger partial charge in [-0.2, -0.15) is 0 Å². The monoisotopic (exact) mass is 388 g/mol. The number of carbonyl (C=O) groups is 3. The Morgan fingerprint density at radius 1 is 0.931 bits per heavy atom. The molecule has 29 heavy (non-hydrogen) atoms. The number of fused-ring (bicyclic) bond motifs is 4. The van der Waals surface area contributed by atoms with E-state index in [4.69, 9.17) is 0 Å². The highest BCUT2D eigenvalue weighted by Gasteiger charge is 2.47. The number of imide groups is 1. The van der Waals surface area contributed by atoms with E-state index in [9.17, 15) is 14.4 Å². The highest BCUT2D eigenvalue weighted by molar-refractivity contribution is 6.05. The maximum absolute atomic E-state index is 12.5. The second-order valence-corrected chi connectivity index (χ2v) is 8.33. The summed E-state index contributed by atoms with van der Waals surface area (Å²) in [6, 6.07) is 14.3. The summed E-state index contributed by atoms with van der Waals surface area (Å²) in [4.78, 5) is 38.8. The lowest BCUT2D eigenvalue weighted by Crippen LogP contribution is -2.34. The molecule has 0 unspecified atom stereocenters. The Kier molecular flexibility index (Phi) is 4.46. The zero-order valence-corrected chi connectivity index (χ0v) is 16.3. The first-order valence-electron chi connectivity index (χ1n) is 10.5. The first-order chi connectivity index (χ1) is 14.1. The number of amides is 3. The van der Waals surface area contributed by atoms with Gasteiger partial charge in [0.1, 0.15) is 0 Å². The Morgan fingerprint density at radius 2 is 1.62 bits per heavy atom. The molecule has 5 heteroatoms. The van der Waals surface area contributed by atoms with E-state index >= 15 is 0 Å². The van der Waals surface area contributed by atoms with E-state index in [1.54, 1.807) is 0 Å². The van der Waals surface area contributed by atoms with Gasteiger partial charge in [0.05, 0.1) is 11.8 Å². The van der Waals surface area contributed by atoms with E-state index in [1.165, 1.54) is 27.2 Å². The summed E-state index contributed by atoms with van der Waals surface area (Å²) in [5.74, 6) is -0.642. The van der Waals surface area contributed by atoms with Crippen molar-refractivity contribution in [3.63, 3.8) is 0 Å². The summed E-state index contributed by atoms with van der Waals surface area (Å²) in [6.45, 7) is 0.173. The number of carbonyl (C=O) groups excluding carboxylic acids is 3. The lowest BCUT2D eigenvalue weighted by atomic mass is 9.81. The molecule has 0 spiro atoms. The van der Waals surface area contributed by atoms with E-state index in [-0.39, 0.29) is 42.5 Å². The minimum Gasteiger partial charge on any atom is -0.326 e. The SMILES string of the molecule is O=C(CCN1C(=O)[C@H]2CCCC[C@@H]2C1=O)Nc1ccc2c(c1)Cc1ccccc1-2. The smallest absolute Gasteiger partial charge is 0.233 e. The third-order valence-corrected chi connectivity index (χ3v) is 6.57. The summed E-state index contributed by atoms with van der Waals surface area (Å²) in [6.07, 6.45) is 4.63. The highest BCUT2D eigenvalue weighted by Crippen LogP contribution is 2.39. The van der Waals surface area contributed by atoms with Crippen LogP contribution in [0.3, 0.4) is 0 Å². The lowest BCUT2D eigenvalue weighted by molar-refractivity contribution is -0.140. The van der Waals surface area contributed by atoms with Crippen LogP contribution in [0.5, 0.6) is 0 Å². The third kappa shape index (κ3) is 3.15. The summed E-state index contributed by atoms with van der Waals surface area (Å²) >= 11 is 0. The van der Waals surface area contributed by atoms with Gasteiger partial charge in [0, 0.05) is 18.7 Å². The number of rotatable bonds is 4. The van der Waals surface area contributed by atoms with Gasteiger partial charge in [-0.15, -0.1) is 0 Å². The molecule has 2 aromatic rings. The van der Waals surface area contributed by atoms with Crippen LogP contribution in [-0.2, 0) is 20.8 Å². The Hall–Kier alpha value is -2.95. The van der Waals surface area contributed by atoms with Crippen LogP contribution in [0.15, 0.2) is 42.5 Å². The molecular weight excluding hydrogens is 364 g/mol. The largest absolute Gasteiger partial charge is 0.326 e. The molecule has 0 bridgehead atoms. The normalized spacial score (nSPS) is 22.3. The highest BCUT2D eigenvalue weighted by atomic mass is 16.2. The molecule has 0 aromatic heterocycles. The van der Waals surface area contributed by atoms with E-state index < -0.39 is 0 Å². The zero-order valence-electron chi connectivity index (χ0n) is 16.3. The van der Waals surface area contributed by atoms with Gasteiger partial charge in [-0.05, 0) is 53.6 Å². The molecule has 5 nitrogen and oxygen atoms in total. The molecule has 0 radical (unpaired) electrons. The van der Waals surface area contributed by atoms with Crippen LogP contribution in [0.25, 0.3) is 11.1 Å². The van der Waals surface area contributed by atoms with Crippen molar-refractivity contribution < 1.29 is 14.4 Å². The van der Waals surface area contributed by atoms with Crippen LogP contribution in [0.1, 0.15) is 43.2 Å². The van der Waals surface area contributed by atoms with E-state index in [1.807, 2.05) is 24.3 Å². The maximum Gasteiger partial charge on any atom is 0.233 e. The third-order valence-electron chi connectivity index (χ3n) is 6.57. The quantitative estimate of drug-likeness (QED) is 0.692. The van der Waals surface area contributed by atoms with Gasteiger partial charge >= 0.3 is 0 Å². The lowest BCUT2D eigenvalue weighted by Gasteiger charge is -2.19. The number of hydrogen-bond acceptors (Lipinski definition) is 3. The van der Waals surface area contributed by atoms with Crippen molar-refractivity contribution in [2.24, 2.45) is 11.8 Å². The molecule has 5 rings (SSSR count). The minimum atomic E-state index is -0.170. The van der Waals surface area contributed by atoms with Crippen molar-refractivity contribution in [3.05, 3.63) is 53.6 Å². The van der Waals surface area contributed by atoms with Gasteiger partial charge in [0.25, 0.3) is 0 Å².